The minimum atomic E-state index is 0.383. The molecule has 3 nitrogen and oxygen atoms in total. The van der Waals surface area contributed by atoms with Crippen molar-refractivity contribution in [2.45, 2.75) is 32.7 Å². The lowest BCUT2D eigenvalue weighted by Crippen LogP contribution is -2.35. The van der Waals surface area contributed by atoms with E-state index in [9.17, 15) is 5.11 Å². The number of hydrogen-bond donors (Lipinski definition) is 3. The number of anilines is 1. The van der Waals surface area contributed by atoms with E-state index >= 15 is 0 Å². The minimum Gasteiger partial charge on any atom is -0.508 e. The summed E-state index contributed by atoms with van der Waals surface area (Å²) < 4.78 is 0. The third kappa shape index (κ3) is 2.47. The van der Waals surface area contributed by atoms with Gasteiger partial charge >= 0.3 is 0 Å². The van der Waals surface area contributed by atoms with Gasteiger partial charge in [-0.1, -0.05) is 0 Å². The molecule has 1 fully saturated rings. The summed E-state index contributed by atoms with van der Waals surface area (Å²) in [6.45, 7) is 6.15. The maximum absolute atomic E-state index is 9.59. The highest BCUT2D eigenvalue weighted by Gasteiger charge is 2.13. The lowest BCUT2D eigenvalue weighted by molar-refractivity contribution is 0.469. The Morgan fingerprint density at radius 1 is 1.19 bits per heavy atom. The van der Waals surface area contributed by atoms with Crippen LogP contribution in [0.5, 0.6) is 5.75 Å². The lowest BCUT2D eigenvalue weighted by Gasteiger charge is -2.25. The van der Waals surface area contributed by atoms with Crippen LogP contribution in [-0.4, -0.2) is 24.2 Å². The zero-order valence-corrected chi connectivity index (χ0v) is 10.0. The summed E-state index contributed by atoms with van der Waals surface area (Å²) in [5, 5.41) is 16.5. The molecule has 3 heteroatoms. The summed E-state index contributed by atoms with van der Waals surface area (Å²) >= 11 is 0. The molecule has 0 aliphatic carbocycles. The Balaban J connectivity index is 2.11. The number of aromatic hydroxyl groups is 1. The fourth-order valence-electron chi connectivity index (χ4n) is 2.14. The van der Waals surface area contributed by atoms with Crippen LogP contribution in [0.2, 0.25) is 0 Å². The quantitative estimate of drug-likeness (QED) is 0.669. The zero-order valence-electron chi connectivity index (χ0n) is 10.0. The van der Waals surface area contributed by atoms with E-state index < -0.39 is 0 Å². The average Bonchev–Trinajstić information content (AvgIpc) is 2.27. The number of piperidine rings is 1. The topological polar surface area (TPSA) is 44.3 Å². The van der Waals surface area contributed by atoms with E-state index in [2.05, 4.69) is 10.6 Å². The molecule has 0 atom stereocenters. The van der Waals surface area contributed by atoms with E-state index in [4.69, 9.17) is 0 Å². The zero-order chi connectivity index (χ0) is 11.5. The molecule has 0 unspecified atom stereocenters. The molecule has 0 amide bonds. The largest absolute Gasteiger partial charge is 0.508 e. The molecule has 0 spiro atoms. The molecule has 1 saturated heterocycles. The van der Waals surface area contributed by atoms with Gasteiger partial charge in [-0.15, -0.1) is 0 Å². The second-order valence-electron chi connectivity index (χ2n) is 4.62. The number of phenolic OH excluding ortho intramolecular Hbond substituents is 1. The second kappa shape index (κ2) is 4.74. The number of nitrogens with one attached hydrogen (secondary N) is 2. The van der Waals surface area contributed by atoms with E-state index in [0.717, 1.165) is 29.9 Å². The van der Waals surface area contributed by atoms with Gasteiger partial charge in [0.25, 0.3) is 0 Å². The van der Waals surface area contributed by atoms with Gasteiger partial charge in [0.15, 0.2) is 0 Å². The van der Waals surface area contributed by atoms with E-state index in [1.165, 1.54) is 12.8 Å². The molecule has 88 valence electrons. The summed E-state index contributed by atoms with van der Waals surface area (Å²) in [5.74, 6) is 0.383. The highest BCUT2D eigenvalue weighted by molar-refractivity contribution is 5.57. The van der Waals surface area contributed by atoms with E-state index in [-0.39, 0.29) is 0 Å². The molecule has 1 aliphatic heterocycles. The molecule has 1 heterocycles. The minimum absolute atomic E-state index is 0.383. The number of phenols is 1. The van der Waals surface area contributed by atoms with Crippen LogP contribution in [0, 0.1) is 13.8 Å². The van der Waals surface area contributed by atoms with Crippen LogP contribution in [0.1, 0.15) is 24.0 Å². The molecule has 0 radical (unpaired) electrons. The molecule has 16 heavy (non-hydrogen) atoms. The Morgan fingerprint density at radius 2 is 1.88 bits per heavy atom. The monoisotopic (exact) mass is 220 g/mol. The lowest BCUT2D eigenvalue weighted by atomic mass is 10.0. The van der Waals surface area contributed by atoms with Crippen LogP contribution < -0.4 is 10.6 Å². The fourth-order valence-corrected chi connectivity index (χ4v) is 2.14. The summed E-state index contributed by atoms with van der Waals surface area (Å²) in [6.07, 6.45) is 2.33. The van der Waals surface area contributed by atoms with Crippen LogP contribution in [0.4, 0.5) is 5.69 Å². The second-order valence-corrected chi connectivity index (χ2v) is 4.62. The van der Waals surface area contributed by atoms with Gasteiger partial charge in [-0.2, -0.15) is 0 Å². The predicted molar refractivity (Wildman–Crippen MR) is 67.1 cm³/mol. The van der Waals surface area contributed by atoms with Gasteiger partial charge in [0.2, 0.25) is 0 Å². The van der Waals surface area contributed by atoms with Gasteiger partial charge in [0.1, 0.15) is 5.75 Å². The SMILES string of the molecule is Cc1cc(NC2CCNCC2)c(C)cc1O. The number of hydrogen-bond acceptors (Lipinski definition) is 3. The van der Waals surface area contributed by atoms with Crippen molar-refractivity contribution in [3.63, 3.8) is 0 Å². The maximum Gasteiger partial charge on any atom is 0.118 e. The average molecular weight is 220 g/mol. The van der Waals surface area contributed by atoms with Crippen molar-refractivity contribution in [1.82, 2.24) is 5.32 Å². The number of benzene rings is 1. The van der Waals surface area contributed by atoms with Crippen LogP contribution in [-0.2, 0) is 0 Å². The van der Waals surface area contributed by atoms with Crippen LogP contribution in [0.25, 0.3) is 0 Å². The van der Waals surface area contributed by atoms with Crippen molar-refractivity contribution in [2.75, 3.05) is 18.4 Å². The molecular weight excluding hydrogens is 200 g/mol. The molecule has 3 N–H and O–H groups in total. The summed E-state index contributed by atoms with van der Waals surface area (Å²) in [5.41, 5.74) is 3.20. The van der Waals surface area contributed by atoms with E-state index in [1.54, 1.807) is 0 Å². The number of aryl methyl sites for hydroxylation is 2. The molecule has 0 bridgehead atoms. The third-order valence-electron chi connectivity index (χ3n) is 3.24. The Morgan fingerprint density at radius 3 is 2.56 bits per heavy atom. The standard InChI is InChI=1S/C13H20N2O/c1-9-8-13(16)10(2)7-12(9)15-11-3-5-14-6-4-11/h7-8,11,14-16H,3-6H2,1-2H3. The smallest absolute Gasteiger partial charge is 0.118 e. The molecular formula is C13H20N2O. The highest BCUT2D eigenvalue weighted by atomic mass is 16.3. The third-order valence-corrected chi connectivity index (χ3v) is 3.24. The van der Waals surface area contributed by atoms with Crippen LogP contribution in [0.3, 0.4) is 0 Å². The van der Waals surface area contributed by atoms with Crippen molar-refractivity contribution in [2.24, 2.45) is 0 Å². The number of rotatable bonds is 2. The molecule has 1 aromatic rings. The first-order valence-electron chi connectivity index (χ1n) is 5.94. The Bertz CT molecular complexity index is 370. The normalized spacial score (nSPS) is 17.4. The Hall–Kier alpha value is -1.22. The van der Waals surface area contributed by atoms with Crippen LogP contribution >= 0.6 is 0 Å². The summed E-state index contributed by atoms with van der Waals surface area (Å²) in [4.78, 5) is 0. The van der Waals surface area contributed by atoms with Gasteiger partial charge in [-0.3, -0.25) is 0 Å². The van der Waals surface area contributed by atoms with Gasteiger partial charge < -0.3 is 15.7 Å². The van der Waals surface area contributed by atoms with Crippen molar-refractivity contribution < 1.29 is 5.11 Å². The summed E-state index contributed by atoms with van der Waals surface area (Å²) in [7, 11) is 0. The maximum atomic E-state index is 9.59. The van der Waals surface area contributed by atoms with E-state index in [0.29, 0.717) is 11.8 Å². The summed E-state index contributed by atoms with van der Waals surface area (Å²) in [6, 6.07) is 4.43. The first-order valence-corrected chi connectivity index (χ1v) is 5.94. The first kappa shape index (κ1) is 11.3. The highest BCUT2D eigenvalue weighted by Crippen LogP contribution is 2.26. The van der Waals surface area contributed by atoms with Crippen molar-refractivity contribution in [1.29, 1.82) is 0 Å². The van der Waals surface area contributed by atoms with Crippen molar-refractivity contribution in [3.05, 3.63) is 23.3 Å². The van der Waals surface area contributed by atoms with Crippen LogP contribution in [0.15, 0.2) is 12.1 Å². The van der Waals surface area contributed by atoms with Gasteiger partial charge in [-0.05, 0) is 63.0 Å². The first-order chi connectivity index (χ1) is 7.66. The molecule has 0 saturated carbocycles. The van der Waals surface area contributed by atoms with Crippen molar-refractivity contribution >= 4 is 5.69 Å². The fraction of sp³-hybridized carbons (Fsp3) is 0.538. The predicted octanol–water partition coefficient (Wildman–Crippen LogP) is 2.17. The van der Waals surface area contributed by atoms with E-state index in [1.807, 2.05) is 26.0 Å². The van der Waals surface area contributed by atoms with Gasteiger partial charge in [-0.25, -0.2) is 0 Å². The Labute approximate surface area is 96.9 Å². The molecule has 1 aliphatic rings. The molecule has 1 aromatic carbocycles. The van der Waals surface area contributed by atoms with Gasteiger partial charge in [0, 0.05) is 11.7 Å². The Kier molecular flexibility index (Phi) is 3.34. The molecule has 2 rings (SSSR count). The van der Waals surface area contributed by atoms with Crippen molar-refractivity contribution in [3.8, 4) is 5.75 Å². The molecule has 0 aromatic heterocycles. The van der Waals surface area contributed by atoms with Gasteiger partial charge in [0.05, 0.1) is 0 Å².